The average Bonchev–Trinajstić information content (AvgIpc) is 2.47. The molecule has 0 saturated carbocycles. The molecule has 2 aromatic rings. The molecule has 0 amide bonds. The molecule has 0 spiro atoms. The first-order valence-electron chi connectivity index (χ1n) is 7.01. The normalized spacial score (nSPS) is 10.6. The van der Waals surface area contributed by atoms with Crippen molar-refractivity contribution < 1.29 is 9.18 Å². The SMILES string of the molecule is CCCCc1ccc(C(=O)c2cc(F)ccc2C)cc1. The fraction of sp³-hybridized carbons (Fsp3) is 0.278. The van der Waals surface area contributed by atoms with Crippen LogP contribution in [0.3, 0.4) is 0 Å². The van der Waals surface area contributed by atoms with E-state index < -0.39 is 0 Å². The van der Waals surface area contributed by atoms with Gasteiger partial charge in [0.2, 0.25) is 0 Å². The summed E-state index contributed by atoms with van der Waals surface area (Å²) in [5.74, 6) is -0.498. The second kappa shape index (κ2) is 6.47. The molecule has 0 atom stereocenters. The lowest BCUT2D eigenvalue weighted by Crippen LogP contribution is -2.04. The minimum atomic E-state index is -0.376. The summed E-state index contributed by atoms with van der Waals surface area (Å²) in [6, 6.07) is 11.9. The Bertz CT molecular complexity index is 599. The van der Waals surface area contributed by atoms with Gasteiger partial charge in [0.25, 0.3) is 0 Å². The Kier molecular flexibility index (Phi) is 4.67. The Hall–Kier alpha value is -1.96. The van der Waals surface area contributed by atoms with E-state index in [9.17, 15) is 9.18 Å². The summed E-state index contributed by atoms with van der Waals surface area (Å²) in [6.45, 7) is 3.98. The summed E-state index contributed by atoms with van der Waals surface area (Å²) < 4.78 is 13.3. The summed E-state index contributed by atoms with van der Waals surface area (Å²) in [5.41, 5.74) is 3.08. The smallest absolute Gasteiger partial charge is 0.193 e. The molecule has 0 aliphatic heterocycles. The first-order valence-corrected chi connectivity index (χ1v) is 7.01. The van der Waals surface area contributed by atoms with Crippen molar-refractivity contribution in [2.75, 3.05) is 0 Å². The maximum Gasteiger partial charge on any atom is 0.193 e. The Morgan fingerprint density at radius 2 is 1.80 bits per heavy atom. The largest absolute Gasteiger partial charge is 0.289 e. The van der Waals surface area contributed by atoms with E-state index in [0.717, 1.165) is 24.8 Å². The van der Waals surface area contributed by atoms with Crippen LogP contribution in [0.4, 0.5) is 4.39 Å². The van der Waals surface area contributed by atoms with Crippen molar-refractivity contribution in [1.82, 2.24) is 0 Å². The highest BCUT2D eigenvalue weighted by Gasteiger charge is 2.12. The number of benzene rings is 2. The van der Waals surface area contributed by atoms with E-state index in [1.165, 1.54) is 17.7 Å². The van der Waals surface area contributed by atoms with Crippen molar-refractivity contribution in [3.8, 4) is 0 Å². The monoisotopic (exact) mass is 270 g/mol. The zero-order chi connectivity index (χ0) is 14.5. The molecule has 0 heterocycles. The van der Waals surface area contributed by atoms with Gasteiger partial charge in [-0.3, -0.25) is 4.79 Å². The highest BCUT2D eigenvalue weighted by Crippen LogP contribution is 2.17. The molecule has 0 saturated heterocycles. The van der Waals surface area contributed by atoms with Gasteiger partial charge in [-0.05, 0) is 43.0 Å². The first-order chi connectivity index (χ1) is 9.61. The van der Waals surface area contributed by atoms with Crippen LogP contribution in [0.2, 0.25) is 0 Å². The number of carbonyl (C=O) groups excluding carboxylic acids is 1. The first kappa shape index (κ1) is 14.4. The van der Waals surface area contributed by atoms with Crippen molar-refractivity contribution in [1.29, 1.82) is 0 Å². The molecule has 0 radical (unpaired) electrons. The maximum absolute atomic E-state index is 13.3. The summed E-state index contributed by atoms with van der Waals surface area (Å²) in [6.07, 6.45) is 3.34. The Balaban J connectivity index is 2.22. The topological polar surface area (TPSA) is 17.1 Å². The van der Waals surface area contributed by atoms with Gasteiger partial charge in [0.1, 0.15) is 5.82 Å². The summed E-state index contributed by atoms with van der Waals surface area (Å²) >= 11 is 0. The van der Waals surface area contributed by atoms with E-state index in [1.54, 1.807) is 6.07 Å². The molecule has 0 aromatic heterocycles. The van der Waals surface area contributed by atoms with Crippen LogP contribution in [0, 0.1) is 12.7 Å². The minimum Gasteiger partial charge on any atom is -0.289 e. The van der Waals surface area contributed by atoms with Gasteiger partial charge in [-0.15, -0.1) is 0 Å². The number of ketones is 1. The molecule has 2 rings (SSSR count). The van der Waals surface area contributed by atoms with Gasteiger partial charge in [-0.1, -0.05) is 43.7 Å². The number of hydrogen-bond acceptors (Lipinski definition) is 1. The van der Waals surface area contributed by atoms with E-state index in [-0.39, 0.29) is 11.6 Å². The Morgan fingerprint density at radius 1 is 1.10 bits per heavy atom. The van der Waals surface area contributed by atoms with Crippen molar-refractivity contribution in [3.63, 3.8) is 0 Å². The standard InChI is InChI=1S/C18H19FO/c1-3-4-5-14-7-9-15(10-8-14)18(20)17-12-16(19)11-6-13(17)2/h6-12H,3-5H2,1-2H3. The highest BCUT2D eigenvalue weighted by molar-refractivity contribution is 6.09. The van der Waals surface area contributed by atoms with Crippen molar-refractivity contribution in [2.45, 2.75) is 33.1 Å². The van der Waals surface area contributed by atoms with Gasteiger partial charge in [0.15, 0.2) is 5.78 Å². The zero-order valence-corrected chi connectivity index (χ0v) is 11.9. The van der Waals surface area contributed by atoms with E-state index in [2.05, 4.69) is 6.92 Å². The van der Waals surface area contributed by atoms with Gasteiger partial charge < -0.3 is 0 Å². The molecule has 0 unspecified atom stereocenters. The third-order valence-corrected chi connectivity index (χ3v) is 3.48. The van der Waals surface area contributed by atoms with Crippen molar-refractivity contribution >= 4 is 5.78 Å². The fourth-order valence-electron chi connectivity index (χ4n) is 2.20. The van der Waals surface area contributed by atoms with Gasteiger partial charge in [0.05, 0.1) is 0 Å². The predicted molar refractivity (Wildman–Crippen MR) is 79.6 cm³/mol. The van der Waals surface area contributed by atoms with E-state index >= 15 is 0 Å². The third kappa shape index (κ3) is 3.32. The van der Waals surface area contributed by atoms with E-state index in [1.807, 2.05) is 31.2 Å². The summed E-state index contributed by atoms with van der Waals surface area (Å²) in [5, 5.41) is 0. The molecule has 104 valence electrons. The van der Waals surface area contributed by atoms with Crippen LogP contribution in [0.5, 0.6) is 0 Å². The second-order valence-corrected chi connectivity index (χ2v) is 5.09. The zero-order valence-electron chi connectivity index (χ0n) is 11.9. The van der Waals surface area contributed by atoms with Gasteiger partial charge >= 0.3 is 0 Å². The van der Waals surface area contributed by atoms with Gasteiger partial charge in [0, 0.05) is 11.1 Å². The summed E-state index contributed by atoms with van der Waals surface area (Å²) in [7, 11) is 0. The molecular weight excluding hydrogens is 251 g/mol. The maximum atomic E-state index is 13.3. The Morgan fingerprint density at radius 3 is 2.45 bits per heavy atom. The molecule has 0 fully saturated rings. The quantitative estimate of drug-likeness (QED) is 0.719. The number of hydrogen-bond donors (Lipinski definition) is 0. The molecule has 0 aliphatic carbocycles. The lowest BCUT2D eigenvalue weighted by Gasteiger charge is -2.06. The van der Waals surface area contributed by atoms with E-state index in [0.29, 0.717) is 11.1 Å². The van der Waals surface area contributed by atoms with Crippen LogP contribution < -0.4 is 0 Å². The number of unbranched alkanes of at least 4 members (excludes halogenated alkanes) is 1. The number of aryl methyl sites for hydroxylation is 2. The van der Waals surface area contributed by atoms with Crippen LogP contribution in [0.25, 0.3) is 0 Å². The molecule has 2 aromatic carbocycles. The van der Waals surface area contributed by atoms with Gasteiger partial charge in [-0.25, -0.2) is 4.39 Å². The van der Waals surface area contributed by atoms with Gasteiger partial charge in [-0.2, -0.15) is 0 Å². The van der Waals surface area contributed by atoms with Crippen LogP contribution in [0.15, 0.2) is 42.5 Å². The van der Waals surface area contributed by atoms with Crippen LogP contribution >= 0.6 is 0 Å². The van der Waals surface area contributed by atoms with Crippen molar-refractivity contribution in [2.24, 2.45) is 0 Å². The third-order valence-electron chi connectivity index (χ3n) is 3.48. The molecule has 1 nitrogen and oxygen atoms in total. The van der Waals surface area contributed by atoms with E-state index in [4.69, 9.17) is 0 Å². The molecule has 0 aliphatic rings. The van der Waals surface area contributed by atoms with Crippen LogP contribution in [-0.4, -0.2) is 5.78 Å². The highest BCUT2D eigenvalue weighted by atomic mass is 19.1. The average molecular weight is 270 g/mol. The van der Waals surface area contributed by atoms with Crippen LogP contribution in [0.1, 0.15) is 46.8 Å². The molecule has 2 heteroatoms. The van der Waals surface area contributed by atoms with Crippen molar-refractivity contribution in [3.05, 3.63) is 70.5 Å². The molecule has 20 heavy (non-hydrogen) atoms. The van der Waals surface area contributed by atoms with Crippen LogP contribution in [-0.2, 0) is 6.42 Å². The minimum absolute atomic E-state index is 0.121. The fourth-order valence-corrected chi connectivity index (χ4v) is 2.20. The molecule has 0 N–H and O–H groups in total. The predicted octanol–water partition coefficient (Wildman–Crippen LogP) is 4.71. The number of halogens is 1. The molecular formula is C18H19FO. The molecule has 0 bridgehead atoms. The number of carbonyl (C=O) groups is 1. The summed E-state index contributed by atoms with van der Waals surface area (Å²) in [4.78, 5) is 12.4. The Labute approximate surface area is 119 Å². The number of rotatable bonds is 5. The second-order valence-electron chi connectivity index (χ2n) is 5.09. The lowest BCUT2D eigenvalue weighted by atomic mass is 9.97. The lowest BCUT2D eigenvalue weighted by molar-refractivity contribution is 0.103.